The number of carbonyl (C=O) groups is 1. The van der Waals surface area contributed by atoms with Crippen molar-refractivity contribution in [1.82, 2.24) is 14.9 Å². The van der Waals surface area contributed by atoms with Crippen LogP contribution in [0.3, 0.4) is 0 Å². The molecule has 24 heavy (non-hydrogen) atoms. The fourth-order valence-corrected chi connectivity index (χ4v) is 3.33. The predicted molar refractivity (Wildman–Crippen MR) is 98.1 cm³/mol. The number of nitrogens with zero attached hydrogens (tertiary/aromatic N) is 4. The first-order valence-corrected chi connectivity index (χ1v) is 9.66. The summed E-state index contributed by atoms with van der Waals surface area (Å²) in [6, 6.07) is 0.155. The van der Waals surface area contributed by atoms with Gasteiger partial charge in [0.1, 0.15) is 10.6 Å². The van der Waals surface area contributed by atoms with Crippen molar-refractivity contribution < 1.29 is 9.53 Å². The van der Waals surface area contributed by atoms with Crippen LogP contribution in [0.2, 0.25) is 5.02 Å². The summed E-state index contributed by atoms with van der Waals surface area (Å²) >= 11 is 7.60. The average Bonchev–Trinajstić information content (AvgIpc) is 2.53. The van der Waals surface area contributed by atoms with Crippen LogP contribution < -0.4 is 4.90 Å². The quantitative estimate of drug-likeness (QED) is 0.595. The van der Waals surface area contributed by atoms with Crippen molar-refractivity contribution >= 4 is 35.4 Å². The molecule has 0 spiro atoms. The fourth-order valence-electron chi connectivity index (χ4n) is 2.58. The molecule has 2 rings (SSSR count). The van der Waals surface area contributed by atoms with Gasteiger partial charge in [-0.25, -0.2) is 14.8 Å². The standard InChI is InChI=1S/C16H25ClN4O2S/c1-6-11-10-20(15(22)23-16(2,3)4)7-8-21(11)14-18-9-12(17)13(19-14)24-5/h9,11H,6-8,10H2,1-5H3. The Bertz CT molecular complexity index is 594. The number of halogens is 1. The van der Waals surface area contributed by atoms with Gasteiger partial charge in [0.2, 0.25) is 5.95 Å². The number of hydrogen-bond acceptors (Lipinski definition) is 6. The van der Waals surface area contributed by atoms with Gasteiger partial charge in [0.05, 0.1) is 11.2 Å². The van der Waals surface area contributed by atoms with Crippen LogP contribution in [0, 0.1) is 0 Å². The maximum Gasteiger partial charge on any atom is 0.410 e. The van der Waals surface area contributed by atoms with Gasteiger partial charge in [-0.1, -0.05) is 18.5 Å². The Balaban J connectivity index is 2.12. The van der Waals surface area contributed by atoms with Gasteiger partial charge in [-0.2, -0.15) is 0 Å². The van der Waals surface area contributed by atoms with E-state index >= 15 is 0 Å². The van der Waals surface area contributed by atoms with Crippen LogP contribution in [0.25, 0.3) is 0 Å². The van der Waals surface area contributed by atoms with Crippen molar-refractivity contribution in [3.8, 4) is 0 Å². The van der Waals surface area contributed by atoms with Crippen LogP contribution in [0.1, 0.15) is 34.1 Å². The molecule has 0 aromatic carbocycles. The minimum Gasteiger partial charge on any atom is -0.444 e. The molecule has 0 bridgehead atoms. The minimum atomic E-state index is -0.484. The molecule has 1 aliphatic heterocycles. The SMILES string of the molecule is CCC1CN(C(=O)OC(C)(C)C)CCN1c1ncc(Cl)c(SC)n1. The van der Waals surface area contributed by atoms with E-state index in [2.05, 4.69) is 21.8 Å². The summed E-state index contributed by atoms with van der Waals surface area (Å²) in [4.78, 5) is 25.1. The first kappa shape index (κ1) is 19.1. The molecule has 1 aromatic rings. The van der Waals surface area contributed by atoms with Gasteiger partial charge in [0.25, 0.3) is 0 Å². The zero-order valence-corrected chi connectivity index (χ0v) is 16.4. The molecule has 6 nitrogen and oxygen atoms in total. The monoisotopic (exact) mass is 372 g/mol. The minimum absolute atomic E-state index is 0.155. The van der Waals surface area contributed by atoms with Crippen LogP contribution >= 0.6 is 23.4 Å². The summed E-state index contributed by atoms with van der Waals surface area (Å²) in [6.07, 6.45) is 4.21. The van der Waals surface area contributed by atoms with E-state index in [1.165, 1.54) is 11.8 Å². The summed E-state index contributed by atoms with van der Waals surface area (Å²) in [6.45, 7) is 9.60. The molecule has 1 unspecified atom stereocenters. The Labute approximate surface area is 152 Å². The lowest BCUT2D eigenvalue weighted by Gasteiger charge is -2.41. The highest BCUT2D eigenvalue weighted by Gasteiger charge is 2.32. The van der Waals surface area contributed by atoms with Crippen LogP contribution in [0.4, 0.5) is 10.7 Å². The zero-order valence-electron chi connectivity index (χ0n) is 14.9. The molecular weight excluding hydrogens is 348 g/mol. The van der Waals surface area contributed by atoms with Crippen LogP contribution in [0.15, 0.2) is 11.2 Å². The van der Waals surface area contributed by atoms with Crippen molar-refractivity contribution in [2.75, 3.05) is 30.8 Å². The first-order chi connectivity index (χ1) is 11.2. The number of amides is 1. The number of anilines is 1. The first-order valence-electron chi connectivity index (χ1n) is 8.06. The molecule has 0 aliphatic carbocycles. The van der Waals surface area contributed by atoms with Crippen LogP contribution in [-0.2, 0) is 4.74 Å². The maximum atomic E-state index is 12.3. The molecule has 0 N–H and O–H groups in total. The van der Waals surface area contributed by atoms with E-state index in [4.69, 9.17) is 16.3 Å². The van der Waals surface area contributed by atoms with Crippen molar-refractivity contribution in [1.29, 1.82) is 0 Å². The van der Waals surface area contributed by atoms with E-state index in [9.17, 15) is 4.79 Å². The largest absolute Gasteiger partial charge is 0.444 e. The third-order valence-corrected chi connectivity index (χ3v) is 4.84. The van der Waals surface area contributed by atoms with Crippen LogP contribution in [-0.4, -0.2) is 58.5 Å². The molecular formula is C16H25ClN4O2S. The molecule has 1 aromatic heterocycles. The number of carbonyl (C=O) groups excluding carboxylic acids is 1. The lowest BCUT2D eigenvalue weighted by atomic mass is 10.1. The molecule has 1 atom stereocenters. The summed E-state index contributed by atoms with van der Waals surface area (Å²) < 4.78 is 5.48. The van der Waals surface area contributed by atoms with E-state index in [1.807, 2.05) is 27.0 Å². The second-order valence-electron chi connectivity index (χ2n) is 6.71. The molecule has 1 fully saturated rings. The third kappa shape index (κ3) is 4.66. The van der Waals surface area contributed by atoms with Gasteiger partial charge >= 0.3 is 6.09 Å². The molecule has 134 valence electrons. The fraction of sp³-hybridized carbons (Fsp3) is 0.688. The number of aromatic nitrogens is 2. The molecule has 1 aliphatic rings. The Morgan fingerprint density at radius 3 is 2.75 bits per heavy atom. The molecule has 1 amide bonds. The highest BCUT2D eigenvalue weighted by Crippen LogP contribution is 2.26. The summed E-state index contributed by atoms with van der Waals surface area (Å²) in [5, 5.41) is 1.33. The van der Waals surface area contributed by atoms with Gasteiger partial charge < -0.3 is 14.5 Å². The highest BCUT2D eigenvalue weighted by molar-refractivity contribution is 7.98. The number of thioether (sulfide) groups is 1. The molecule has 1 saturated heterocycles. The smallest absolute Gasteiger partial charge is 0.410 e. The van der Waals surface area contributed by atoms with Crippen LogP contribution in [0.5, 0.6) is 0 Å². The van der Waals surface area contributed by atoms with Gasteiger partial charge in [-0.05, 0) is 33.4 Å². The Morgan fingerprint density at radius 1 is 1.46 bits per heavy atom. The number of rotatable bonds is 3. The van der Waals surface area contributed by atoms with E-state index in [-0.39, 0.29) is 12.1 Å². The lowest BCUT2D eigenvalue weighted by Crippen LogP contribution is -2.56. The second kappa shape index (κ2) is 7.78. The van der Waals surface area contributed by atoms with E-state index in [0.717, 1.165) is 11.4 Å². The molecule has 0 saturated carbocycles. The second-order valence-corrected chi connectivity index (χ2v) is 7.91. The highest BCUT2D eigenvalue weighted by atomic mass is 35.5. The van der Waals surface area contributed by atoms with E-state index < -0.39 is 5.60 Å². The zero-order chi connectivity index (χ0) is 17.9. The van der Waals surface area contributed by atoms with Gasteiger partial charge in [0.15, 0.2) is 0 Å². The lowest BCUT2D eigenvalue weighted by molar-refractivity contribution is 0.0212. The number of hydrogen-bond donors (Lipinski definition) is 0. The number of ether oxygens (including phenoxy) is 1. The normalized spacial score (nSPS) is 18.7. The Kier molecular flexibility index (Phi) is 6.20. The molecule has 2 heterocycles. The van der Waals surface area contributed by atoms with E-state index in [1.54, 1.807) is 11.1 Å². The molecule has 0 radical (unpaired) electrons. The van der Waals surface area contributed by atoms with Gasteiger partial charge in [0, 0.05) is 25.7 Å². The average molecular weight is 373 g/mol. The third-order valence-electron chi connectivity index (χ3n) is 3.76. The summed E-state index contributed by atoms with van der Waals surface area (Å²) in [5.74, 6) is 0.666. The maximum absolute atomic E-state index is 12.3. The predicted octanol–water partition coefficient (Wildman–Crippen LogP) is 3.69. The van der Waals surface area contributed by atoms with Crippen molar-refractivity contribution in [2.24, 2.45) is 0 Å². The van der Waals surface area contributed by atoms with Gasteiger partial charge in [-0.15, -0.1) is 11.8 Å². The van der Waals surface area contributed by atoms with Crippen molar-refractivity contribution in [3.05, 3.63) is 11.2 Å². The number of piperazine rings is 1. The van der Waals surface area contributed by atoms with Crippen molar-refractivity contribution in [3.63, 3.8) is 0 Å². The summed E-state index contributed by atoms with van der Waals surface area (Å²) in [5.41, 5.74) is -0.484. The molecule has 8 heteroatoms. The Hall–Kier alpha value is -1.21. The Morgan fingerprint density at radius 2 is 2.17 bits per heavy atom. The van der Waals surface area contributed by atoms with Gasteiger partial charge in [-0.3, -0.25) is 0 Å². The van der Waals surface area contributed by atoms with E-state index in [0.29, 0.717) is 30.6 Å². The topological polar surface area (TPSA) is 58.6 Å². The van der Waals surface area contributed by atoms with Crippen molar-refractivity contribution in [2.45, 2.75) is 50.8 Å². The summed E-state index contributed by atoms with van der Waals surface area (Å²) in [7, 11) is 0.